The minimum absolute atomic E-state index is 0.181. The molecular formula is C14H12N2O2. The number of amides is 1. The highest BCUT2D eigenvalue weighted by atomic mass is 16.5. The molecule has 3 N–H and O–H groups in total. The Balaban J connectivity index is 2.02. The number of ether oxygens (including phenoxy) is 1. The SMILES string of the molecule is Nc1cccc2c1OC(c1ccccc1)C(=O)N2. The van der Waals surface area contributed by atoms with Gasteiger partial charge in [-0.05, 0) is 12.1 Å². The summed E-state index contributed by atoms with van der Waals surface area (Å²) in [5, 5.41) is 2.81. The standard InChI is InChI=1S/C14H12N2O2/c15-10-7-4-8-11-13(10)18-12(14(17)16-11)9-5-2-1-3-6-9/h1-8,12H,15H2,(H,16,17). The number of nitrogens with two attached hydrogens (primary N) is 1. The molecule has 90 valence electrons. The summed E-state index contributed by atoms with van der Waals surface area (Å²) in [5.41, 5.74) is 7.80. The van der Waals surface area contributed by atoms with Crippen LogP contribution in [0.2, 0.25) is 0 Å². The first-order chi connectivity index (χ1) is 8.75. The molecule has 0 saturated carbocycles. The second-order valence-corrected chi connectivity index (χ2v) is 4.12. The number of rotatable bonds is 1. The van der Waals surface area contributed by atoms with Crippen molar-refractivity contribution < 1.29 is 9.53 Å². The van der Waals surface area contributed by atoms with Gasteiger partial charge in [-0.1, -0.05) is 36.4 Å². The topological polar surface area (TPSA) is 64.3 Å². The molecule has 2 aromatic rings. The van der Waals surface area contributed by atoms with Crippen molar-refractivity contribution >= 4 is 17.3 Å². The molecule has 0 bridgehead atoms. The van der Waals surface area contributed by atoms with E-state index in [-0.39, 0.29) is 5.91 Å². The average Bonchev–Trinajstić information content (AvgIpc) is 2.39. The lowest BCUT2D eigenvalue weighted by Gasteiger charge is -2.26. The van der Waals surface area contributed by atoms with Crippen molar-refractivity contribution in [3.8, 4) is 5.75 Å². The summed E-state index contributed by atoms with van der Waals surface area (Å²) < 4.78 is 5.72. The van der Waals surface area contributed by atoms with Crippen molar-refractivity contribution in [2.24, 2.45) is 0 Å². The molecule has 3 rings (SSSR count). The lowest BCUT2D eigenvalue weighted by atomic mass is 10.1. The molecule has 1 aliphatic heterocycles. The van der Waals surface area contributed by atoms with E-state index in [1.807, 2.05) is 30.3 Å². The number of carbonyl (C=O) groups is 1. The third kappa shape index (κ3) is 1.68. The molecular weight excluding hydrogens is 228 g/mol. The first-order valence-electron chi connectivity index (χ1n) is 5.66. The van der Waals surface area contributed by atoms with E-state index in [0.29, 0.717) is 17.1 Å². The average molecular weight is 240 g/mol. The van der Waals surface area contributed by atoms with Crippen molar-refractivity contribution in [2.45, 2.75) is 6.10 Å². The highest BCUT2D eigenvalue weighted by Gasteiger charge is 2.29. The zero-order valence-corrected chi connectivity index (χ0v) is 9.59. The van der Waals surface area contributed by atoms with Crippen molar-refractivity contribution in [3.05, 3.63) is 54.1 Å². The van der Waals surface area contributed by atoms with Crippen LogP contribution in [0.15, 0.2) is 48.5 Å². The zero-order chi connectivity index (χ0) is 12.5. The van der Waals surface area contributed by atoms with Gasteiger partial charge in [-0.2, -0.15) is 0 Å². The number of para-hydroxylation sites is 1. The Hall–Kier alpha value is -2.49. The summed E-state index contributed by atoms with van der Waals surface area (Å²) in [6.45, 7) is 0. The minimum Gasteiger partial charge on any atom is -0.471 e. The molecule has 4 heteroatoms. The van der Waals surface area contributed by atoms with Crippen molar-refractivity contribution in [1.29, 1.82) is 0 Å². The number of fused-ring (bicyclic) bond motifs is 1. The maximum Gasteiger partial charge on any atom is 0.270 e. The van der Waals surface area contributed by atoms with E-state index in [9.17, 15) is 4.79 Å². The Morgan fingerprint density at radius 2 is 1.83 bits per heavy atom. The number of anilines is 2. The smallest absolute Gasteiger partial charge is 0.270 e. The summed E-state index contributed by atoms with van der Waals surface area (Å²) in [4.78, 5) is 12.0. The summed E-state index contributed by atoms with van der Waals surface area (Å²) in [6.07, 6.45) is -0.650. The van der Waals surface area contributed by atoms with Gasteiger partial charge in [0.2, 0.25) is 6.10 Å². The lowest BCUT2D eigenvalue weighted by Crippen LogP contribution is -2.30. The van der Waals surface area contributed by atoms with Crippen LogP contribution in [0.25, 0.3) is 0 Å². The highest BCUT2D eigenvalue weighted by Crippen LogP contribution is 2.38. The van der Waals surface area contributed by atoms with Crippen molar-refractivity contribution in [1.82, 2.24) is 0 Å². The fraction of sp³-hybridized carbons (Fsp3) is 0.0714. The molecule has 1 unspecified atom stereocenters. The van der Waals surface area contributed by atoms with Gasteiger partial charge < -0.3 is 15.8 Å². The second kappa shape index (κ2) is 4.07. The fourth-order valence-electron chi connectivity index (χ4n) is 2.00. The van der Waals surface area contributed by atoms with Gasteiger partial charge >= 0.3 is 0 Å². The van der Waals surface area contributed by atoms with Crippen LogP contribution >= 0.6 is 0 Å². The zero-order valence-electron chi connectivity index (χ0n) is 9.59. The predicted molar refractivity (Wildman–Crippen MR) is 69.3 cm³/mol. The van der Waals surface area contributed by atoms with Gasteiger partial charge in [0.25, 0.3) is 5.91 Å². The van der Waals surface area contributed by atoms with Gasteiger partial charge in [-0.15, -0.1) is 0 Å². The molecule has 1 heterocycles. The largest absolute Gasteiger partial charge is 0.471 e. The fourth-order valence-corrected chi connectivity index (χ4v) is 2.00. The number of nitrogen functional groups attached to an aromatic ring is 1. The van der Waals surface area contributed by atoms with Crippen LogP contribution in [0.5, 0.6) is 5.75 Å². The van der Waals surface area contributed by atoms with Crippen molar-refractivity contribution in [3.63, 3.8) is 0 Å². The number of benzene rings is 2. The molecule has 0 aromatic heterocycles. The van der Waals surface area contributed by atoms with Crippen LogP contribution in [0.3, 0.4) is 0 Å². The molecule has 1 atom stereocenters. The summed E-state index contributed by atoms with van der Waals surface area (Å²) >= 11 is 0. The normalized spacial score (nSPS) is 17.6. The number of carbonyl (C=O) groups excluding carboxylic acids is 1. The van der Waals surface area contributed by atoms with E-state index in [2.05, 4.69) is 5.32 Å². The molecule has 0 fully saturated rings. The van der Waals surface area contributed by atoms with Crippen LogP contribution in [0, 0.1) is 0 Å². The van der Waals surface area contributed by atoms with Crippen LogP contribution < -0.4 is 15.8 Å². The van der Waals surface area contributed by atoms with Gasteiger partial charge in [0, 0.05) is 5.56 Å². The van der Waals surface area contributed by atoms with Gasteiger partial charge in [0.15, 0.2) is 5.75 Å². The molecule has 0 radical (unpaired) electrons. The van der Waals surface area contributed by atoms with E-state index in [4.69, 9.17) is 10.5 Å². The third-order valence-corrected chi connectivity index (χ3v) is 2.88. The summed E-state index contributed by atoms with van der Waals surface area (Å²) in [6, 6.07) is 14.6. The van der Waals surface area contributed by atoms with E-state index in [1.54, 1.807) is 18.2 Å². The first-order valence-corrected chi connectivity index (χ1v) is 5.66. The third-order valence-electron chi connectivity index (χ3n) is 2.88. The van der Waals surface area contributed by atoms with Crippen LogP contribution in [0.4, 0.5) is 11.4 Å². The van der Waals surface area contributed by atoms with Crippen LogP contribution in [-0.4, -0.2) is 5.91 Å². The first kappa shape index (κ1) is 10.7. The highest BCUT2D eigenvalue weighted by molar-refractivity contribution is 5.99. The number of hydrogen-bond donors (Lipinski definition) is 2. The van der Waals surface area contributed by atoms with E-state index in [1.165, 1.54) is 0 Å². The van der Waals surface area contributed by atoms with E-state index >= 15 is 0 Å². The maximum absolute atomic E-state index is 12.0. The molecule has 0 aliphatic carbocycles. The van der Waals surface area contributed by atoms with Crippen LogP contribution in [0.1, 0.15) is 11.7 Å². The Kier molecular flexibility index (Phi) is 2.41. The molecule has 4 nitrogen and oxygen atoms in total. The molecule has 1 amide bonds. The Bertz CT molecular complexity index is 596. The predicted octanol–water partition coefficient (Wildman–Crippen LogP) is 2.34. The number of nitrogens with one attached hydrogen (secondary N) is 1. The molecule has 0 spiro atoms. The van der Waals surface area contributed by atoms with E-state index in [0.717, 1.165) is 5.56 Å². The van der Waals surface area contributed by atoms with Gasteiger partial charge in [0.1, 0.15) is 0 Å². The maximum atomic E-state index is 12.0. The Morgan fingerprint density at radius 3 is 2.61 bits per heavy atom. The van der Waals surface area contributed by atoms with Crippen molar-refractivity contribution in [2.75, 3.05) is 11.1 Å². The van der Waals surface area contributed by atoms with Gasteiger partial charge in [-0.3, -0.25) is 4.79 Å². The summed E-state index contributed by atoms with van der Waals surface area (Å²) in [5.74, 6) is 0.352. The molecule has 0 saturated heterocycles. The monoisotopic (exact) mass is 240 g/mol. The quantitative estimate of drug-likeness (QED) is 0.752. The lowest BCUT2D eigenvalue weighted by molar-refractivity contribution is -0.123. The van der Waals surface area contributed by atoms with E-state index < -0.39 is 6.10 Å². The molecule has 18 heavy (non-hydrogen) atoms. The van der Waals surface area contributed by atoms with Gasteiger partial charge in [0.05, 0.1) is 11.4 Å². The Labute approximate surface area is 104 Å². The Morgan fingerprint density at radius 1 is 1.06 bits per heavy atom. The molecule has 2 aromatic carbocycles. The molecule has 1 aliphatic rings. The van der Waals surface area contributed by atoms with Gasteiger partial charge in [-0.25, -0.2) is 0 Å². The summed E-state index contributed by atoms with van der Waals surface area (Å²) in [7, 11) is 0. The van der Waals surface area contributed by atoms with Crippen LogP contribution in [-0.2, 0) is 4.79 Å². The number of hydrogen-bond acceptors (Lipinski definition) is 3. The minimum atomic E-state index is -0.650. The second-order valence-electron chi connectivity index (χ2n) is 4.12.